The Hall–Kier alpha value is -2.63. The molecule has 0 radical (unpaired) electrons. The van der Waals surface area contributed by atoms with Gasteiger partial charge in [-0.25, -0.2) is 4.79 Å². The highest BCUT2D eigenvalue weighted by molar-refractivity contribution is 5.81. The van der Waals surface area contributed by atoms with E-state index in [1.807, 2.05) is 19.1 Å². The lowest BCUT2D eigenvalue weighted by atomic mass is 10.2. The van der Waals surface area contributed by atoms with Crippen LogP contribution >= 0.6 is 0 Å². The minimum atomic E-state index is -0.519. The van der Waals surface area contributed by atoms with Gasteiger partial charge in [-0.15, -0.1) is 0 Å². The summed E-state index contributed by atoms with van der Waals surface area (Å²) in [6.07, 6.45) is 0. The molecule has 0 aliphatic carbocycles. The van der Waals surface area contributed by atoms with Crippen molar-refractivity contribution >= 4 is 11.0 Å². The van der Waals surface area contributed by atoms with E-state index >= 15 is 0 Å². The van der Waals surface area contributed by atoms with Gasteiger partial charge in [0.05, 0.1) is 6.61 Å². The predicted octanol–water partition coefficient (Wildman–Crippen LogP) is 2.55. The molecular weight excluding hydrogens is 260 g/mol. The Balaban J connectivity index is 2.15. The third-order valence-corrected chi connectivity index (χ3v) is 2.78. The van der Waals surface area contributed by atoms with E-state index in [4.69, 9.17) is 13.7 Å². The molecule has 102 valence electrons. The van der Waals surface area contributed by atoms with Crippen molar-refractivity contribution < 1.29 is 13.7 Å². The second kappa shape index (κ2) is 4.80. The van der Waals surface area contributed by atoms with Crippen LogP contribution < -0.4 is 10.4 Å². The molecule has 20 heavy (non-hydrogen) atoms. The lowest BCUT2D eigenvalue weighted by molar-refractivity contribution is 0.340. The van der Waals surface area contributed by atoms with Gasteiger partial charge in [-0.1, -0.05) is 5.16 Å². The Morgan fingerprint density at radius 3 is 2.85 bits per heavy atom. The summed E-state index contributed by atoms with van der Waals surface area (Å²) in [6, 6.07) is 6.98. The van der Waals surface area contributed by atoms with E-state index in [2.05, 4.69) is 10.1 Å². The maximum absolute atomic E-state index is 12.0. The SMILES string of the molecule is CCOc1ccc2cc(-c3nc(C)no3)c(=O)oc2c1. The minimum absolute atomic E-state index is 0.159. The number of fused-ring (bicyclic) bond motifs is 1. The molecule has 0 aliphatic rings. The van der Waals surface area contributed by atoms with Gasteiger partial charge in [0.2, 0.25) is 0 Å². The molecule has 0 bridgehead atoms. The quantitative estimate of drug-likeness (QED) is 0.682. The summed E-state index contributed by atoms with van der Waals surface area (Å²) >= 11 is 0. The number of aromatic nitrogens is 2. The standard InChI is InChI=1S/C14H12N2O4/c1-3-18-10-5-4-9-6-11(13-15-8(2)16-20-13)14(17)19-12(9)7-10/h4-7H,3H2,1-2H3. The fraction of sp³-hybridized carbons (Fsp3) is 0.214. The molecule has 0 atom stereocenters. The summed E-state index contributed by atoms with van der Waals surface area (Å²) in [7, 11) is 0. The monoisotopic (exact) mass is 272 g/mol. The number of aryl methyl sites for hydroxylation is 1. The molecule has 0 aliphatic heterocycles. The first-order valence-corrected chi connectivity index (χ1v) is 6.19. The Bertz CT molecular complexity index is 819. The van der Waals surface area contributed by atoms with Crippen LogP contribution in [0.3, 0.4) is 0 Å². The van der Waals surface area contributed by atoms with Crippen LogP contribution in [-0.2, 0) is 0 Å². The van der Waals surface area contributed by atoms with Crippen molar-refractivity contribution in [1.29, 1.82) is 0 Å². The number of hydrogen-bond donors (Lipinski definition) is 0. The topological polar surface area (TPSA) is 78.4 Å². The molecule has 0 unspecified atom stereocenters. The van der Waals surface area contributed by atoms with Gasteiger partial charge in [-0.3, -0.25) is 0 Å². The molecule has 2 heterocycles. The molecular formula is C14H12N2O4. The molecule has 0 saturated heterocycles. The highest BCUT2D eigenvalue weighted by Crippen LogP contribution is 2.23. The second-order valence-corrected chi connectivity index (χ2v) is 4.23. The first-order chi connectivity index (χ1) is 9.67. The summed E-state index contributed by atoms with van der Waals surface area (Å²) in [5.74, 6) is 1.28. The summed E-state index contributed by atoms with van der Waals surface area (Å²) in [5, 5.41) is 4.43. The summed E-state index contributed by atoms with van der Waals surface area (Å²) in [4.78, 5) is 16.0. The lowest BCUT2D eigenvalue weighted by Gasteiger charge is -2.04. The van der Waals surface area contributed by atoms with Gasteiger partial charge in [0.1, 0.15) is 16.9 Å². The number of nitrogens with zero attached hydrogens (tertiary/aromatic N) is 2. The largest absolute Gasteiger partial charge is 0.494 e. The molecule has 6 nitrogen and oxygen atoms in total. The average molecular weight is 272 g/mol. The molecule has 3 rings (SSSR count). The third-order valence-electron chi connectivity index (χ3n) is 2.78. The van der Waals surface area contributed by atoms with Crippen molar-refractivity contribution in [1.82, 2.24) is 10.1 Å². The first-order valence-electron chi connectivity index (χ1n) is 6.19. The van der Waals surface area contributed by atoms with Crippen LogP contribution in [0, 0.1) is 6.92 Å². The van der Waals surface area contributed by atoms with Crippen LogP contribution in [0.4, 0.5) is 0 Å². The lowest BCUT2D eigenvalue weighted by Crippen LogP contribution is -2.03. The highest BCUT2D eigenvalue weighted by atomic mass is 16.5. The van der Waals surface area contributed by atoms with E-state index in [-0.39, 0.29) is 11.5 Å². The van der Waals surface area contributed by atoms with Gasteiger partial charge in [-0.2, -0.15) is 4.98 Å². The van der Waals surface area contributed by atoms with Crippen LogP contribution in [0.1, 0.15) is 12.7 Å². The van der Waals surface area contributed by atoms with E-state index in [1.165, 1.54) is 0 Å². The van der Waals surface area contributed by atoms with Gasteiger partial charge in [-0.05, 0) is 32.0 Å². The molecule has 0 saturated carbocycles. The minimum Gasteiger partial charge on any atom is -0.494 e. The molecule has 1 aromatic carbocycles. The van der Waals surface area contributed by atoms with Gasteiger partial charge in [0.25, 0.3) is 5.89 Å². The second-order valence-electron chi connectivity index (χ2n) is 4.23. The van der Waals surface area contributed by atoms with Crippen molar-refractivity contribution in [2.45, 2.75) is 13.8 Å². The van der Waals surface area contributed by atoms with Crippen LogP contribution in [-0.4, -0.2) is 16.7 Å². The molecule has 6 heteroatoms. The van der Waals surface area contributed by atoms with Crippen LogP contribution in [0.25, 0.3) is 22.4 Å². The van der Waals surface area contributed by atoms with Crippen LogP contribution in [0.15, 0.2) is 38.0 Å². The smallest absolute Gasteiger partial charge is 0.349 e. The summed E-state index contributed by atoms with van der Waals surface area (Å²) < 4.78 is 15.6. The normalized spacial score (nSPS) is 10.9. The van der Waals surface area contributed by atoms with Crippen molar-refractivity contribution in [3.63, 3.8) is 0 Å². The zero-order chi connectivity index (χ0) is 14.1. The van der Waals surface area contributed by atoms with Gasteiger partial charge >= 0.3 is 5.63 Å². The Morgan fingerprint density at radius 2 is 2.15 bits per heavy atom. The molecule has 0 fully saturated rings. The highest BCUT2D eigenvalue weighted by Gasteiger charge is 2.14. The van der Waals surface area contributed by atoms with Crippen molar-refractivity contribution in [3.05, 3.63) is 40.5 Å². The van der Waals surface area contributed by atoms with E-state index < -0.39 is 5.63 Å². The number of hydrogen-bond acceptors (Lipinski definition) is 6. The van der Waals surface area contributed by atoms with Crippen molar-refractivity contribution in [2.24, 2.45) is 0 Å². The molecule has 0 spiro atoms. The number of ether oxygens (including phenoxy) is 1. The number of benzene rings is 1. The molecule has 0 N–H and O–H groups in total. The van der Waals surface area contributed by atoms with Crippen molar-refractivity contribution in [3.8, 4) is 17.2 Å². The zero-order valence-corrected chi connectivity index (χ0v) is 11.0. The van der Waals surface area contributed by atoms with Gasteiger partial charge in [0.15, 0.2) is 5.82 Å². The molecule has 0 amide bonds. The van der Waals surface area contributed by atoms with Gasteiger partial charge < -0.3 is 13.7 Å². The molecule has 2 aromatic heterocycles. The maximum Gasteiger partial charge on any atom is 0.349 e. The predicted molar refractivity (Wildman–Crippen MR) is 71.7 cm³/mol. The summed E-state index contributed by atoms with van der Waals surface area (Å²) in [5.41, 5.74) is 0.193. The molecule has 3 aromatic rings. The third kappa shape index (κ3) is 2.16. The van der Waals surface area contributed by atoms with E-state index in [1.54, 1.807) is 19.1 Å². The first kappa shape index (κ1) is 12.4. The number of rotatable bonds is 3. The summed E-state index contributed by atoms with van der Waals surface area (Å²) in [6.45, 7) is 4.13. The maximum atomic E-state index is 12.0. The van der Waals surface area contributed by atoms with Crippen LogP contribution in [0.2, 0.25) is 0 Å². The fourth-order valence-corrected chi connectivity index (χ4v) is 1.90. The average Bonchev–Trinajstić information content (AvgIpc) is 2.85. The van der Waals surface area contributed by atoms with E-state index in [0.717, 1.165) is 5.39 Å². The Kier molecular flexibility index (Phi) is 2.98. The Labute approximate surface area is 114 Å². The zero-order valence-electron chi connectivity index (χ0n) is 11.0. The van der Waals surface area contributed by atoms with Crippen molar-refractivity contribution in [2.75, 3.05) is 6.61 Å². The Morgan fingerprint density at radius 1 is 1.30 bits per heavy atom. The van der Waals surface area contributed by atoms with E-state index in [0.29, 0.717) is 23.8 Å². The van der Waals surface area contributed by atoms with Crippen LogP contribution in [0.5, 0.6) is 5.75 Å². The van der Waals surface area contributed by atoms with Gasteiger partial charge in [0, 0.05) is 11.5 Å². The fourth-order valence-electron chi connectivity index (χ4n) is 1.90. The van der Waals surface area contributed by atoms with E-state index in [9.17, 15) is 4.79 Å².